The Kier molecular flexibility index (Phi) is 6.05. The molecule has 0 saturated carbocycles. The first kappa shape index (κ1) is 19.8. The van der Waals surface area contributed by atoms with E-state index in [-0.39, 0.29) is 5.91 Å². The van der Waals surface area contributed by atoms with Gasteiger partial charge in [0, 0.05) is 36.9 Å². The van der Waals surface area contributed by atoms with E-state index in [0.29, 0.717) is 40.7 Å². The normalized spacial score (nSPS) is 10.1. The van der Waals surface area contributed by atoms with Crippen LogP contribution >= 0.6 is 0 Å². The zero-order chi connectivity index (χ0) is 20.8. The van der Waals surface area contributed by atoms with Crippen molar-refractivity contribution >= 4 is 11.6 Å². The Labute approximate surface area is 169 Å². The summed E-state index contributed by atoms with van der Waals surface area (Å²) in [7, 11) is 3.10. The van der Waals surface area contributed by atoms with Crippen molar-refractivity contribution in [2.75, 3.05) is 19.5 Å². The van der Waals surface area contributed by atoms with E-state index >= 15 is 0 Å². The number of carbonyl (C=O) groups excluding carboxylic acids is 1. The number of hydrogen-bond donors (Lipinski definition) is 1. The van der Waals surface area contributed by atoms with Gasteiger partial charge in [0.15, 0.2) is 0 Å². The number of hydrogen-bond acceptors (Lipinski definition) is 6. The molecule has 1 N–H and O–H groups in total. The average Bonchev–Trinajstić information content (AvgIpc) is 2.72. The molecule has 0 aliphatic carbocycles. The van der Waals surface area contributed by atoms with Crippen LogP contribution in [0.3, 0.4) is 0 Å². The molecular weight excluding hydrogens is 368 g/mol. The molecule has 7 nitrogen and oxygen atoms in total. The van der Waals surface area contributed by atoms with Crippen molar-refractivity contribution in [3.63, 3.8) is 0 Å². The largest absolute Gasteiger partial charge is 0.497 e. The smallest absolute Gasteiger partial charge is 0.221 e. The van der Waals surface area contributed by atoms with Crippen LogP contribution in [0, 0.1) is 11.3 Å². The summed E-state index contributed by atoms with van der Waals surface area (Å²) in [5.74, 6) is 1.61. The van der Waals surface area contributed by atoms with E-state index in [1.165, 1.54) is 14.0 Å². The van der Waals surface area contributed by atoms with E-state index in [1.807, 2.05) is 18.2 Å². The Hall–Kier alpha value is -3.92. The molecular formula is C22H20N4O3. The number of nitriles is 1. The van der Waals surface area contributed by atoms with Gasteiger partial charge in [-0.2, -0.15) is 5.26 Å². The number of carbonyl (C=O) groups is 1. The van der Waals surface area contributed by atoms with Crippen LogP contribution in [-0.4, -0.2) is 30.1 Å². The van der Waals surface area contributed by atoms with Crippen LogP contribution in [-0.2, 0) is 11.2 Å². The average molecular weight is 388 g/mol. The van der Waals surface area contributed by atoms with E-state index in [1.54, 1.807) is 37.6 Å². The Morgan fingerprint density at radius 1 is 1.14 bits per heavy atom. The van der Waals surface area contributed by atoms with Crippen molar-refractivity contribution in [1.82, 2.24) is 9.97 Å². The topological polar surface area (TPSA) is 97.1 Å². The second-order valence-corrected chi connectivity index (χ2v) is 6.31. The summed E-state index contributed by atoms with van der Waals surface area (Å²) < 4.78 is 10.5. The first-order valence-electron chi connectivity index (χ1n) is 8.88. The number of anilines is 1. The number of nitrogens with one attached hydrogen (secondary N) is 1. The van der Waals surface area contributed by atoms with Crippen LogP contribution in [0.25, 0.3) is 11.3 Å². The summed E-state index contributed by atoms with van der Waals surface area (Å²) in [5, 5.41) is 12.1. The minimum Gasteiger partial charge on any atom is -0.497 e. The van der Waals surface area contributed by atoms with Gasteiger partial charge in [0.1, 0.15) is 23.4 Å². The molecule has 0 atom stereocenters. The molecule has 0 aliphatic rings. The minimum absolute atomic E-state index is 0.157. The van der Waals surface area contributed by atoms with Gasteiger partial charge < -0.3 is 14.8 Å². The zero-order valence-electron chi connectivity index (χ0n) is 16.4. The number of nitrogens with zero attached hydrogens (tertiary/aromatic N) is 3. The Balaban J connectivity index is 1.91. The SMILES string of the molecule is COc1cc(Cc2nccc(-c3ccc(OC)c(C#N)c3)n2)cc(NC(C)=O)c1. The van der Waals surface area contributed by atoms with Gasteiger partial charge in [-0.3, -0.25) is 4.79 Å². The van der Waals surface area contributed by atoms with Gasteiger partial charge in [0.2, 0.25) is 5.91 Å². The fraction of sp³-hybridized carbons (Fsp3) is 0.182. The number of rotatable bonds is 6. The highest BCUT2D eigenvalue weighted by atomic mass is 16.5. The fourth-order valence-electron chi connectivity index (χ4n) is 2.94. The molecule has 0 radical (unpaired) electrons. The van der Waals surface area contributed by atoms with Gasteiger partial charge in [-0.15, -0.1) is 0 Å². The molecule has 1 heterocycles. The van der Waals surface area contributed by atoms with Crippen molar-refractivity contribution in [3.8, 4) is 28.8 Å². The fourth-order valence-corrected chi connectivity index (χ4v) is 2.94. The second kappa shape index (κ2) is 8.85. The van der Waals surface area contributed by atoms with Crippen molar-refractivity contribution in [1.29, 1.82) is 5.26 Å². The van der Waals surface area contributed by atoms with Gasteiger partial charge in [-0.25, -0.2) is 9.97 Å². The molecule has 1 aromatic heterocycles. The second-order valence-electron chi connectivity index (χ2n) is 6.31. The minimum atomic E-state index is -0.157. The molecule has 3 rings (SSSR count). The molecule has 3 aromatic rings. The predicted molar refractivity (Wildman–Crippen MR) is 109 cm³/mol. The van der Waals surface area contributed by atoms with Crippen LogP contribution < -0.4 is 14.8 Å². The molecule has 0 bridgehead atoms. The van der Waals surface area contributed by atoms with Gasteiger partial charge >= 0.3 is 0 Å². The summed E-state index contributed by atoms with van der Waals surface area (Å²) in [4.78, 5) is 20.4. The van der Waals surface area contributed by atoms with E-state index < -0.39 is 0 Å². The maximum absolute atomic E-state index is 11.4. The predicted octanol–water partition coefficient (Wildman–Crippen LogP) is 3.58. The first-order chi connectivity index (χ1) is 14.0. The molecule has 0 aliphatic heterocycles. The van der Waals surface area contributed by atoms with Gasteiger partial charge in [0.05, 0.1) is 25.5 Å². The Morgan fingerprint density at radius 3 is 2.66 bits per heavy atom. The summed E-state index contributed by atoms with van der Waals surface area (Å²) >= 11 is 0. The monoisotopic (exact) mass is 388 g/mol. The van der Waals surface area contributed by atoms with Crippen LogP contribution in [0.15, 0.2) is 48.7 Å². The molecule has 0 unspecified atom stereocenters. The molecule has 0 saturated heterocycles. The lowest BCUT2D eigenvalue weighted by Gasteiger charge is -2.10. The lowest BCUT2D eigenvalue weighted by Crippen LogP contribution is -2.07. The van der Waals surface area contributed by atoms with Crippen molar-refractivity contribution in [2.45, 2.75) is 13.3 Å². The molecule has 7 heteroatoms. The number of ether oxygens (including phenoxy) is 2. The lowest BCUT2D eigenvalue weighted by molar-refractivity contribution is -0.114. The van der Waals surface area contributed by atoms with Crippen LogP contribution in [0.5, 0.6) is 11.5 Å². The standard InChI is InChI=1S/C22H20N4O3/c1-14(27)25-18-8-15(9-19(12-18)28-2)10-22-24-7-6-20(26-22)16-4-5-21(29-3)17(11-16)13-23/h4-9,11-12H,10H2,1-3H3,(H,25,27). The maximum Gasteiger partial charge on any atom is 0.221 e. The third kappa shape index (κ3) is 4.87. The lowest BCUT2D eigenvalue weighted by atomic mass is 10.1. The van der Waals surface area contributed by atoms with Gasteiger partial charge in [0.25, 0.3) is 0 Å². The quantitative estimate of drug-likeness (QED) is 0.693. The summed E-state index contributed by atoms with van der Waals surface area (Å²) in [6.45, 7) is 1.45. The molecule has 146 valence electrons. The van der Waals surface area contributed by atoms with E-state index in [0.717, 1.165) is 11.1 Å². The highest BCUT2D eigenvalue weighted by molar-refractivity contribution is 5.89. The highest BCUT2D eigenvalue weighted by Crippen LogP contribution is 2.26. The van der Waals surface area contributed by atoms with Gasteiger partial charge in [-0.05, 0) is 42.0 Å². The van der Waals surface area contributed by atoms with Crippen LogP contribution in [0.1, 0.15) is 23.9 Å². The molecule has 0 fully saturated rings. The molecule has 29 heavy (non-hydrogen) atoms. The van der Waals surface area contributed by atoms with Crippen LogP contribution in [0.2, 0.25) is 0 Å². The van der Waals surface area contributed by atoms with E-state index in [4.69, 9.17) is 9.47 Å². The Bertz CT molecular complexity index is 1090. The number of amides is 1. The molecule has 1 amide bonds. The van der Waals surface area contributed by atoms with E-state index in [2.05, 4.69) is 21.4 Å². The number of methoxy groups -OCH3 is 2. The molecule has 0 spiro atoms. The van der Waals surface area contributed by atoms with Crippen molar-refractivity contribution < 1.29 is 14.3 Å². The molecule has 2 aromatic carbocycles. The first-order valence-corrected chi connectivity index (χ1v) is 8.88. The highest BCUT2D eigenvalue weighted by Gasteiger charge is 2.09. The maximum atomic E-state index is 11.4. The van der Waals surface area contributed by atoms with E-state index in [9.17, 15) is 10.1 Å². The zero-order valence-corrected chi connectivity index (χ0v) is 16.4. The number of benzene rings is 2. The van der Waals surface area contributed by atoms with Crippen LogP contribution in [0.4, 0.5) is 5.69 Å². The Morgan fingerprint density at radius 2 is 1.97 bits per heavy atom. The summed E-state index contributed by atoms with van der Waals surface area (Å²) in [6, 6.07) is 14.8. The summed E-state index contributed by atoms with van der Waals surface area (Å²) in [5.41, 5.74) is 3.50. The summed E-state index contributed by atoms with van der Waals surface area (Å²) in [6.07, 6.45) is 2.14. The van der Waals surface area contributed by atoms with Crippen molar-refractivity contribution in [3.05, 3.63) is 65.6 Å². The van der Waals surface area contributed by atoms with Crippen molar-refractivity contribution in [2.24, 2.45) is 0 Å². The third-order valence-electron chi connectivity index (χ3n) is 4.21. The number of aromatic nitrogens is 2. The third-order valence-corrected chi connectivity index (χ3v) is 4.21. The van der Waals surface area contributed by atoms with Gasteiger partial charge in [-0.1, -0.05) is 0 Å².